The topological polar surface area (TPSA) is 41.1 Å². The molecule has 0 bridgehead atoms. The summed E-state index contributed by atoms with van der Waals surface area (Å²) in [6.45, 7) is 3.05. The van der Waals surface area contributed by atoms with Gasteiger partial charge in [0.05, 0.1) is 0 Å². The second kappa shape index (κ2) is 6.02. The first-order valence-electron chi connectivity index (χ1n) is 5.68. The number of hydrogen-bond donors (Lipinski definition) is 2. The Balaban J connectivity index is 2.06. The molecule has 0 saturated heterocycles. The molecule has 0 aromatic heterocycles. The zero-order valence-corrected chi connectivity index (χ0v) is 9.31. The van der Waals surface area contributed by atoms with Gasteiger partial charge in [-0.25, -0.2) is 0 Å². The normalized spacial score (nSPS) is 18.7. The molecule has 1 atom stereocenters. The Morgan fingerprint density at radius 3 is 2.71 bits per heavy atom. The molecule has 0 radical (unpaired) electrons. The molecule has 0 aromatic rings. The molecule has 0 heterocycles. The van der Waals surface area contributed by atoms with E-state index >= 15 is 0 Å². The van der Waals surface area contributed by atoms with Crippen LogP contribution in [0.15, 0.2) is 0 Å². The van der Waals surface area contributed by atoms with Gasteiger partial charge in [0.15, 0.2) is 0 Å². The van der Waals surface area contributed by atoms with E-state index in [1.165, 1.54) is 19.3 Å². The number of hydrogen-bond acceptors (Lipinski definition) is 2. The molecular formula is C11H22N2O. The van der Waals surface area contributed by atoms with E-state index < -0.39 is 0 Å². The SMILES string of the molecule is CNCCCC(=O)NC(C)C1CCC1. The highest BCUT2D eigenvalue weighted by Crippen LogP contribution is 2.29. The third-order valence-corrected chi connectivity index (χ3v) is 3.08. The molecule has 14 heavy (non-hydrogen) atoms. The van der Waals surface area contributed by atoms with Crippen LogP contribution in [0.25, 0.3) is 0 Å². The number of carbonyl (C=O) groups is 1. The summed E-state index contributed by atoms with van der Waals surface area (Å²) in [5.74, 6) is 0.947. The number of nitrogens with one attached hydrogen (secondary N) is 2. The van der Waals surface area contributed by atoms with Gasteiger partial charge in [-0.3, -0.25) is 4.79 Å². The van der Waals surface area contributed by atoms with E-state index in [0.29, 0.717) is 12.5 Å². The van der Waals surface area contributed by atoms with Crippen molar-refractivity contribution in [1.29, 1.82) is 0 Å². The molecule has 1 aliphatic rings. The summed E-state index contributed by atoms with van der Waals surface area (Å²) >= 11 is 0. The maximum Gasteiger partial charge on any atom is 0.220 e. The summed E-state index contributed by atoms with van der Waals surface area (Å²) in [5, 5.41) is 6.12. The summed E-state index contributed by atoms with van der Waals surface area (Å²) in [6.07, 6.45) is 5.50. The van der Waals surface area contributed by atoms with Gasteiger partial charge >= 0.3 is 0 Å². The number of amides is 1. The molecular weight excluding hydrogens is 176 g/mol. The first kappa shape index (κ1) is 11.5. The summed E-state index contributed by atoms with van der Waals surface area (Å²) in [5.41, 5.74) is 0. The maximum atomic E-state index is 11.4. The molecule has 0 aromatic carbocycles. The molecule has 1 aliphatic carbocycles. The Hall–Kier alpha value is -0.570. The van der Waals surface area contributed by atoms with Crippen LogP contribution in [0.3, 0.4) is 0 Å². The van der Waals surface area contributed by atoms with Crippen molar-refractivity contribution < 1.29 is 4.79 Å². The maximum absolute atomic E-state index is 11.4. The smallest absolute Gasteiger partial charge is 0.220 e. The van der Waals surface area contributed by atoms with Crippen LogP contribution in [-0.4, -0.2) is 25.5 Å². The Labute approximate surface area is 86.6 Å². The Kier molecular flexibility index (Phi) is 4.94. The highest BCUT2D eigenvalue weighted by Gasteiger charge is 2.24. The highest BCUT2D eigenvalue weighted by atomic mass is 16.1. The minimum atomic E-state index is 0.208. The van der Waals surface area contributed by atoms with E-state index in [1.807, 2.05) is 7.05 Å². The van der Waals surface area contributed by atoms with Crippen LogP contribution in [0, 0.1) is 5.92 Å². The van der Waals surface area contributed by atoms with E-state index in [-0.39, 0.29) is 5.91 Å². The molecule has 0 spiro atoms. The highest BCUT2D eigenvalue weighted by molar-refractivity contribution is 5.76. The molecule has 1 saturated carbocycles. The van der Waals surface area contributed by atoms with Crippen molar-refractivity contribution in [2.24, 2.45) is 5.92 Å². The Morgan fingerprint density at radius 1 is 1.50 bits per heavy atom. The predicted octanol–water partition coefficient (Wildman–Crippen LogP) is 1.29. The van der Waals surface area contributed by atoms with Gasteiger partial charge in [-0.2, -0.15) is 0 Å². The van der Waals surface area contributed by atoms with Gasteiger partial charge in [-0.1, -0.05) is 6.42 Å². The van der Waals surface area contributed by atoms with Crippen molar-refractivity contribution in [3.63, 3.8) is 0 Å². The van der Waals surface area contributed by atoms with Crippen LogP contribution in [0.4, 0.5) is 0 Å². The average molecular weight is 198 g/mol. The lowest BCUT2D eigenvalue weighted by molar-refractivity contribution is -0.122. The standard InChI is InChI=1S/C11H22N2O/c1-9(10-5-3-6-10)13-11(14)7-4-8-12-2/h9-10,12H,3-8H2,1-2H3,(H,13,14). The molecule has 3 heteroatoms. The van der Waals surface area contributed by atoms with Gasteiger partial charge in [0.25, 0.3) is 0 Å². The fraction of sp³-hybridized carbons (Fsp3) is 0.909. The van der Waals surface area contributed by atoms with Crippen molar-refractivity contribution in [1.82, 2.24) is 10.6 Å². The van der Waals surface area contributed by atoms with Crippen LogP contribution in [0.5, 0.6) is 0 Å². The van der Waals surface area contributed by atoms with E-state index in [1.54, 1.807) is 0 Å². The Morgan fingerprint density at radius 2 is 2.21 bits per heavy atom. The predicted molar refractivity (Wildman–Crippen MR) is 58.1 cm³/mol. The van der Waals surface area contributed by atoms with Crippen LogP contribution >= 0.6 is 0 Å². The Bertz CT molecular complexity index is 178. The first-order chi connectivity index (χ1) is 6.74. The van der Waals surface area contributed by atoms with Crippen LogP contribution < -0.4 is 10.6 Å². The summed E-state index contributed by atoms with van der Waals surface area (Å²) < 4.78 is 0. The molecule has 3 nitrogen and oxygen atoms in total. The molecule has 1 amide bonds. The molecule has 82 valence electrons. The van der Waals surface area contributed by atoms with E-state index in [9.17, 15) is 4.79 Å². The molecule has 0 aliphatic heterocycles. The van der Waals surface area contributed by atoms with Crippen molar-refractivity contribution >= 4 is 5.91 Å². The monoisotopic (exact) mass is 198 g/mol. The van der Waals surface area contributed by atoms with Gasteiger partial charge < -0.3 is 10.6 Å². The minimum absolute atomic E-state index is 0.208. The minimum Gasteiger partial charge on any atom is -0.353 e. The largest absolute Gasteiger partial charge is 0.353 e. The zero-order valence-electron chi connectivity index (χ0n) is 9.31. The summed E-state index contributed by atoms with van der Waals surface area (Å²) in [7, 11) is 1.91. The second-order valence-electron chi connectivity index (χ2n) is 4.25. The lowest BCUT2D eigenvalue weighted by Crippen LogP contribution is -2.40. The first-order valence-corrected chi connectivity index (χ1v) is 5.68. The number of carbonyl (C=O) groups excluding carboxylic acids is 1. The van der Waals surface area contributed by atoms with Crippen molar-refractivity contribution in [3.8, 4) is 0 Å². The van der Waals surface area contributed by atoms with Crippen LogP contribution in [-0.2, 0) is 4.79 Å². The van der Waals surface area contributed by atoms with Gasteiger partial charge in [0.2, 0.25) is 5.91 Å². The molecule has 2 N–H and O–H groups in total. The van der Waals surface area contributed by atoms with Crippen LogP contribution in [0.2, 0.25) is 0 Å². The molecule has 1 unspecified atom stereocenters. The fourth-order valence-corrected chi connectivity index (χ4v) is 1.81. The van der Waals surface area contributed by atoms with E-state index in [4.69, 9.17) is 0 Å². The number of rotatable bonds is 6. The third kappa shape index (κ3) is 3.66. The quantitative estimate of drug-likeness (QED) is 0.631. The third-order valence-electron chi connectivity index (χ3n) is 3.08. The molecule has 1 fully saturated rings. The van der Waals surface area contributed by atoms with Gasteiger partial charge in [0, 0.05) is 12.5 Å². The van der Waals surface area contributed by atoms with Crippen molar-refractivity contribution in [3.05, 3.63) is 0 Å². The summed E-state index contributed by atoms with van der Waals surface area (Å²) in [4.78, 5) is 11.4. The summed E-state index contributed by atoms with van der Waals surface area (Å²) in [6, 6.07) is 0.380. The fourth-order valence-electron chi connectivity index (χ4n) is 1.81. The van der Waals surface area contributed by atoms with E-state index in [0.717, 1.165) is 18.9 Å². The second-order valence-corrected chi connectivity index (χ2v) is 4.25. The van der Waals surface area contributed by atoms with Gasteiger partial charge in [-0.15, -0.1) is 0 Å². The van der Waals surface area contributed by atoms with Gasteiger partial charge in [0.1, 0.15) is 0 Å². The van der Waals surface area contributed by atoms with E-state index in [2.05, 4.69) is 17.6 Å². The van der Waals surface area contributed by atoms with Gasteiger partial charge in [-0.05, 0) is 45.7 Å². The average Bonchev–Trinajstić information content (AvgIpc) is 2.00. The zero-order chi connectivity index (χ0) is 10.4. The van der Waals surface area contributed by atoms with Crippen LogP contribution in [0.1, 0.15) is 39.0 Å². The van der Waals surface area contributed by atoms with Crippen molar-refractivity contribution in [2.75, 3.05) is 13.6 Å². The van der Waals surface area contributed by atoms with Crippen molar-refractivity contribution in [2.45, 2.75) is 45.1 Å². The lowest BCUT2D eigenvalue weighted by atomic mass is 9.80. The molecule has 1 rings (SSSR count). The lowest BCUT2D eigenvalue weighted by Gasteiger charge is -2.31.